The van der Waals surface area contributed by atoms with Crippen molar-refractivity contribution in [3.05, 3.63) is 0 Å². The van der Waals surface area contributed by atoms with E-state index in [1.54, 1.807) is 0 Å². The number of fused-ring (bicyclic) bond motifs is 2. The zero-order chi connectivity index (χ0) is 9.69. The normalized spacial score (nSPS) is 46.4. The van der Waals surface area contributed by atoms with Crippen molar-refractivity contribution in [3.8, 4) is 0 Å². The van der Waals surface area contributed by atoms with E-state index >= 15 is 0 Å². The first-order valence-electron chi connectivity index (χ1n) is 5.10. The smallest absolute Gasteiger partial charge is 0.293 e. The minimum Gasteiger partial charge on any atom is -0.463 e. The molecular weight excluding hydrogens is 164 g/mol. The van der Waals surface area contributed by atoms with Crippen LogP contribution in [0.2, 0.25) is 0 Å². The molecule has 0 aliphatic heterocycles. The van der Waals surface area contributed by atoms with Crippen LogP contribution in [0.1, 0.15) is 40.0 Å². The fourth-order valence-electron chi connectivity index (χ4n) is 3.65. The first kappa shape index (κ1) is 9.04. The molecule has 0 amide bonds. The molecule has 2 heteroatoms. The van der Waals surface area contributed by atoms with Gasteiger partial charge in [0.15, 0.2) is 0 Å². The number of rotatable bonds is 2. The highest BCUT2D eigenvalue weighted by Gasteiger charge is 2.60. The Morgan fingerprint density at radius 3 is 2.54 bits per heavy atom. The predicted molar refractivity (Wildman–Crippen MR) is 50.2 cm³/mol. The van der Waals surface area contributed by atoms with Crippen molar-refractivity contribution in [2.24, 2.45) is 16.7 Å². The molecular formula is C11H18O2. The van der Waals surface area contributed by atoms with Crippen LogP contribution in [0.3, 0.4) is 0 Å². The van der Waals surface area contributed by atoms with Crippen molar-refractivity contribution in [2.45, 2.75) is 46.1 Å². The van der Waals surface area contributed by atoms with Crippen molar-refractivity contribution < 1.29 is 9.53 Å². The lowest BCUT2D eigenvalue weighted by Gasteiger charge is -2.40. The van der Waals surface area contributed by atoms with E-state index in [1.807, 2.05) is 0 Å². The van der Waals surface area contributed by atoms with E-state index in [0.717, 1.165) is 5.92 Å². The number of carbonyl (C=O) groups is 1. The third-order valence-electron chi connectivity index (χ3n) is 4.33. The minimum absolute atomic E-state index is 0.135. The Balaban J connectivity index is 2.28. The summed E-state index contributed by atoms with van der Waals surface area (Å²) in [6.45, 7) is 7.35. The quantitative estimate of drug-likeness (QED) is 0.613. The minimum atomic E-state index is 0.135. The summed E-state index contributed by atoms with van der Waals surface area (Å²) in [6.07, 6.45) is 3.90. The Labute approximate surface area is 79.7 Å². The summed E-state index contributed by atoms with van der Waals surface area (Å²) < 4.78 is 5.27. The van der Waals surface area contributed by atoms with Gasteiger partial charge < -0.3 is 4.74 Å². The van der Waals surface area contributed by atoms with E-state index in [-0.39, 0.29) is 16.9 Å². The Bertz CT molecular complexity index is 229. The molecule has 2 aliphatic carbocycles. The highest BCUT2D eigenvalue weighted by atomic mass is 16.5. The van der Waals surface area contributed by atoms with Gasteiger partial charge in [0.2, 0.25) is 0 Å². The van der Waals surface area contributed by atoms with Gasteiger partial charge in [0.1, 0.15) is 6.10 Å². The lowest BCUT2D eigenvalue weighted by Crippen LogP contribution is -2.42. The maximum absolute atomic E-state index is 10.4. The zero-order valence-corrected chi connectivity index (χ0v) is 8.67. The Morgan fingerprint density at radius 2 is 2.08 bits per heavy atom. The highest BCUT2D eigenvalue weighted by molar-refractivity contribution is 5.38. The van der Waals surface area contributed by atoms with Gasteiger partial charge in [-0.2, -0.15) is 0 Å². The van der Waals surface area contributed by atoms with Crippen molar-refractivity contribution in [2.75, 3.05) is 0 Å². The van der Waals surface area contributed by atoms with Gasteiger partial charge in [0.05, 0.1) is 0 Å². The monoisotopic (exact) mass is 182 g/mol. The first-order chi connectivity index (χ1) is 6.00. The van der Waals surface area contributed by atoms with E-state index in [2.05, 4.69) is 20.8 Å². The summed E-state index contributed by atoms with van der Waals surface area (Å²) in [6, 6.07) is 0. The summed E-state index contributed by atoms with van der Waals surface area (Å²) in [5.41, 5.74) is 0.447. The summed E-state index contributed by atoms with van der Waals surface area (Å²) in [5, 5.41) is 0. The van der Waals surface area contributed by atoms with Crippen LogP contribution in [0.25, 0.3) is 0 Å². The second-order valence-electron chi connectivity index (χ2n) is 5.53. The highest BCUT2D eigenvalue weighted by Crippen LogP contribution is 2.63. The van der Waals surface area contributed by atoms with E-state index in [0.29, 0.717) is 6.47 Å². The molecule has 2 bridgehead atoms. The van der Waals surface area contributed by atoms with Gasteiger partial charge in [-0.25, -0.2) is 0 Å². The Hall–Kier alpha value is -0.530. The van der Waals surface area contributed by atoms with Crippen LogP contribution in [0.4, 0.5) is 0 Å². The van der Waals surface area contributed by atoms with E-state index < -0.39 is 0 Å². The molecule has 0 aromatic rings. The van der Waals surface area contributed by atoms with Crippen molar-refractivity contribution in [3.63, 3.8) is 0 Å². The summed E-state index contributed by atoms with van der Waals surface area (Å²) in [4.78, 5) is 10.4. The average Bonchev–Trinajstić information content (AvgIpc) is 2.50. The van der Waals surface area contributed by atoms with Crippen LogP contribution >= 0.6 is 0 Å². The van der Waals surface area contributed by atoms with Gasteiger partial charge >= 0.3 is 0 Å². The van der Waals surface area contributed by atoms with Gasteiger partial charge in [-0.3, -0.25) is 4.79 Å². The number of carbonyl (C=O) groups excluding carboxylic acids is 1. The van der Waals surface area contributed by atoms with E-state index in [9.17, 15) is 4.79 Å². The molecule has 0 aromatic heterocycles. The van der Waals surface area contributed by atoms with Gasteiger partial charge in [-0.05, 0) is 25.2 Å². The van der Waals surface area contributed by atoms with E-state index in [1.165, 1.54) is 19.3 Å². The lowest BCUT2D eigenvalue weighted by molar-refractivity contribution is -0.148. The van der Waals surface area contributed by atoms with Crippen molar-refractivity contribution in [1.82, 2.24) is 0 Å². The van der Waals surface area contributed by atoms with Gasteiger partial charge in [-0.15, -0.1) is 0 Å². The van der Waals surface area contributed by atoms with Crippen LogP contribution in [-0.4, -0.2) is 12.6 Å². The van der Waals surface area contributed by atoms with Crippen LogP contribution in [0.5, 0.6) is 0 Å². The van der Waals surface area contributed by atoms with Gasteiger partial charge in [0, 0.05) is 10.8 Å². The molecule has 2 rings (SSSR count). The van der Waals surface area contributed by atoms with E-state index in [4.69, 9.17) is 4.74 Å². The van der Waals surface area contributed by atoms with Crippen LogP contribution < -0.4 is 0 Å². The second-order valence-corrected chi connectivity index (χ2v) is 5.53. The first-order valence-corrected chi connectivity index (χ1v) is 5.10. The topological polar surface area (TPSA) is 26.3 Å². The molecule has 0 N–H and O–H groups in total. The second kappa shape index (κ2) is 2.49. The molecule has 74 valence electrons. The molecule has 0 aromatic carbocycles. The SMILES string of the molecule is CC1(C)[C@@H]2CC[C@@](C)(C2)[C@@H]1OC=O. The lowest BCUT2D eigenvalue weighted by atomic mass is 9.70. The van der Waals surface area contributed by atoms with Gasteiger partial charge in [-0.1, -0.05) is 20.8 Å². The molecule has 2 aliphatic rings. The van der Waals surface area contributed by atoms with Crippen LogP contribution in [0.15, 0.2) is 0 Å². The molecule has 0 saturated heterocycles. The summed E-state index contributed by atoms with van der Waals surface area (Å²) >= 11 is 0. The number of hydrogen-bond donors (Lipinski definition) is 0. The molecule has 13 heavy (non-hydrogen) atoms. The van der Waals surface area contributed by atoms with Crippen LogP contribution in [-0.2, 0) is 9.53 Å². The maximum Gasteiger partial charge on any atom is 0.293 e. The fourth-order valence-corrected chi connectivity index (χ4v) is 3.65. The van der Waals surface area contributed by atoms with Crippen molar-refractivity contribution >= 4 is 6.47 Å². The van der Waals surface area contributed by atoms with Crippen LogP contribution in [0, 0.1) is 16.7 Å². The molecule has 0 radical (unpaired) electrons. The van der Waals surface area contributed by atoms with Crippen molar-refractivity contribution in [1.29, 1.82) is 0 Å². The maximum atomic E-state index is 10.4. The molecule has 2 fully saturated rings. The third-order valence-corrected chi connectivity index (χ3v) is 4.33. The summed E-state index contributed by atoms with van der Waals surface area (Å²) in [7, 11) is 0. The van der Waals surface area contributed by atoms with Gasteiger partial charge in [0.25, 0.3) is 6.47 Å². The number of ether oxygens (including phenoxy) is 1. The predicted octanol–water partition coefficient (Wildman–Crippen LogP) is 2.37. The zero-order valence-electron chi connectivity index (χ0n) is 8.67. The summed E-state index contributed by atoms with van der Waals surface area (Å²) in [5.74, 6) is 0.752. The molecule has 2 nitrogen and oxygen atoms in total. The Morgan fingerprint density at radius 1 is 1.38 bits per heavy atom. The molecule has 0 unspecified atom stereocenters. The number of hydrogen-bond acceptors (Lipinski definition) is 2. The largest absolute Gasteiger partial charge is 0.463 e. The average molecular weight is 182 g/mol. The molecule has 3 atom stereocenters. The molecule has 0 spiro atoms. The fraction of sp³-hybridized carbons (Fsp3) is 0.909. The standard InChI is InChI=1S/C11H18O2/c1-10(2)8-4-5-11(3,6-8)9(10)13-7-12/h7-9H,4-6H2,1-3H3/t8-,9-,11+/m1/s1. The Kier molecular flexibility index (Phi) is 1.73. The molecule has 0 heterocycles. The third kappa shape index (κ3) is 1.04. The molecule has 2 saturated carbocycles.